The Morgan fingerprint density at radius 3 is 2.42 bits per heavy atom. The first-order valence-electron chi connectivity index (χ1n) is 12.9. The summed E-state index contributed by atoms with van der Waals surface area (Å²) in [5.41, 5.74) is -1.50. The molecule has 4 atom stereocenters. The van der Waals surface area contributed by atoms with E-state index in [9.17, 15) is 48.0 Å². The Morgan fingerprint density at radius 2 is 1.88 bits per heavy atom. The summed E-state index contributed by atoms with van der Waals surface area (Å²) in [6.07, 6.45) is -4.09. The van der Waals surface area contributed by atoms with Crippen molar-refractivity contribution < 1.29 is 48.0 Å². The van der Waals surface area contributed by atoms with E-state index in [4.69, 9.17) is 5.73 Å². The van der Waals surface area contributed by atoms with Crippen LogP contribution < -0.4 is 11.1 Å². The Morgan fingerprint density at radius 1 is 1.23 bits per heavy atom. The number of halogens is 3. The minimum Gasteiger partial charge on any atom is -0.510 e. The summed E-state index contributed by atoms with van der Waals surface area (Å²) < 4.78 is 43.3. The summed E-state index contributed by atoms with van der Waals surface area (Å²) in [5, 5.41) is 47.3. The van der Waals surface area contributed by atoms with Gasteiger partial charge in [-0.25, -0.2) is 0 Å². The van der Waals surface area contributed by atoms with Gasteiger partial charge in [0.1, 0.15) is 22.8 Å². The van der Waals surface area contributed by atoms with E-state index in [2.05, 4.69) is 5.32 Å². The van der Waals surface area contributed by atoms with Crippen LogP contribution in [0.1, 0.15) is 53.2 Å². The fraction of sp³-hybridized carbons (Fsp3) is 0.519. The predicted molar refractivity (Wildman–Crippen MR) is 135 cm³/mol. The van der Waals surface area contributed by atoms with Gasteiger partial charge in [-0.2, -0.15) is 13.2 Å². The lowest BCUT2D eigenvalue weighted by atomic mass is 9.58. The highest BCUT2D eigenvalue weighted by Crippen LogP contribution is 2.53. The first kappa shape index (κ1) is 29.6. The van der Waals surface area contributed by atoms with Gasteiger partial charge in [0, 0.05) is 18.0 Å². The van der Waals surface area contributed by atoms with Crippen molar-refractivity contribution in [2.24, 2.45) is 17.6 Å². The number of Topliss-reactive ketones (excluding diaryl/α,β-unsaturated/α-hetero) is 2. The monoisotopic (exact) mass is 567 g/mol. The van der Waals surface area contributed by atoms with Gasteiger partial charge in [-0.3, -0.25) is 19.3 Å². The van der Waals surface area contributed by atoms with Gasteiger partial charge in [0.2, 0.25) is 5.78 Å². The van der Waals surface area contributed by atoms with Crippen LogP contribution in [0, 0.1) is 11.8 Å². The molecule has 0 unspecified atom stereocenters. The summed E-state index contributed by atoms with van der Waals surface area (Å²) in [5.74, 6) is -9.01. The molecule has 0 saturated carbocycles. The van der Waals surface area contributed by atoms with Gasteiger partial charge < -0.3 is 31.5 Å². The molecule has 0 bridgehead atoms. The quantitative estimate of drug-likeness (QED) is 0.213. The Bertz CT molecular complexity index is 1350. The van der Waals surface area contributed by atoms with Gasteiger partial charge in [-0.05, 0) is 63.0 Å². The lowest BCUT2D eigenvalue weighted by Crippen LogP contribution is -2.63. The number of nitrogens with one attached hydrogen (secondary N) is 1. The van der Waals surface area contributed by atoms with Crippen LogP contribution in [0.4, 0.5) is 13.2 Å². The van der Waals surface area contributed by atoms with Gasteiger partial charge in [0.25, 0.3) is 5.91 Å². The number of carbonyl (C=O) groups excluding carboxylic acids is 3. The van der Waals surface area contributed by atoms with Crippen molar-refractivity contribution in [3.05, 3.63) is 51.0 Å². The number of benzene rings is 1. The van der Waals surface area contributed by atoms with Crippen LogP contribution in [0.2, 0.25) is 0 Å². The number of aliphatic hydroxyl groups is 3. The third-order valence-corrected chi connectivity index (χ3v) is 8.11. The smallest absolute Gasteiger partial charge is 0.417 e. The molecule has 0 radical (unpaired) electrons. The highest BCUT2D eigenvalue weighted by Gasteiger charge is 2.63. The third kappa shape index (κ3) is 4.36. The number of ketones is 2. The van der Waals surface area contributed by atoms with Crippen LogP contribution in [-0.2, 0) is 28.7 Å². The van der Waals surface area contributed by atoms with Crippen molar-refractivity contribution in [3.63, 3.8) is 0 Å². The van der Waals surface area contributed by atoms with E-state index in [0.717, 1.165) is 18.9 Å². The van der Waals surface area contributed by atoms with Crippen molar-refractivity contribution in [1.82, 2.24) is 10.2 Å². The molecular formula is C27H32F3N3O7. The molecule has 3 aliphatic rings. The largest absolute Gasteiger partial charge is 0.510 e. The number of aliphatic hydroxyl groups excluding tert-OH is 2. The van der Waals surface area contributed by atoms with Crippen molar-refractivity contribution in [2.75, 3.05) is 20.6 Å². The molecule has 3 aliphatic carbocycles. The Labute approximate surface area is 228 Å². The minimum absolute atomic E-state index is 0.212. The zero-order valence-corrected chi connectivity index (χ0v) is 22.2. The average Bonchev–Trinajstić information content (AvgIpc) is 2.82. The van der Waals surface area contributed by atoms with E-state index in [1.807, 2.05) is 6.92 Å². The number of fused-ring (bicyclic) bond motifs is 3. The van der Waals surface area contributed by atoms with Gasteiger partial charge in [0.05, 0.1) is 17.2 Å². The summed E-state index contributed by atoms with van der Waals surface area (Å²) in [6.45, 7) is 2.16. The molecule has 0 spiro atoms. The Hall–Kier alpha value is -3.42. The highest BCUT2D eigenvalue weighted by molar-refractivity contribution is 6.24. The lowest BCUT2D eigenvalue weighted by Gasteiger charge is -2.50. The maximum Gasteiger partial charge on any atom is 0.417 e. The number of amides is 1. The van der Waals surface area contributed by atoms with Crippen molar-refractivity contribution in [2.45, 2.75) is 57.0 Å². The summed E-state index contributed by atoms with van der Waals surface area (Å²) in [7, 11) is 2.93. The molecule has 1 amide bonds. The fourth-order valence-electron chi connectivity index (χ4n) is 6.41. The maximum atomic E-state index is 14.4. The maximum absolute atomic E-state index is 14.4. The molecule has 4 rings (SSSR count). The fourth-order valence-corrected chi connectivity index (χ4v) is 6.41. The van der Waals surface area contributed by atoms with Crippen LogP contribution in [0.5, 0.6) is 5.75 Å². The summed E-state index contributed by atoms with van der Waals surface area (Å²) in [4.78, 5) is 40.3. The number of nitrogens with zero attached hydrogens (tertiary/aromatic N) is 1. The number of nitrogens with two attached hydrogens (primary N) is 1. The molecule has 13 heteroatoms. The van der Waals surface area contributed by atoms with Crippen LogP contribution in [-0.4, -0.2) is 75.1 Å². The van der Waals surface area contributed by atoms with E-state index in [1.165, 1.54) is 19.0 Å². The van der Waals surface area contributed by atoms with E-state index < -0.39 is 98.7 Å². The molecule has 0 aromatic heterocycles. The van der Waals surface area contributed by atoms with Crippen LogP contribution in [0.25, 0.3) is 0 Å². The Balaban J connectivity index is 1.92. The zero-order chi connectivity index (χ0) is 29.9. The second-order valence-electron chi connectivity index (χ2n) is 10.8. The van der Waals surface area contributed by atoms with E-state index >= 15 is 0 Å². The van der Waals surface area contributed by atoms with Gasteiger partial charge in [-0.15, -0.1) is 0 Å². The number of phenolic OH excluding ortho intramolecular Hbond substituents is 1. The van der Waals surface area contributed by atoms with E-state index in [1.54, 1.807) is 0 Å². The first-order valence-corrected chi connectivity index (χ1v) is 12.9. The number of aromatic hydroxyl groups is 1. The van der Waals surface area contributed by atoms with Gasteiger partial charge in [-0.1, -0.05) is 13.3 Å². The molecule has 0 saturated heterocycles. The van der Waals surface area contributed by atoms with Crippen molar-refractivity contribution >= 4 is 17.5 Å². The minimum atomic E-state index is -4.89. The number of hydrogen-bond donors (Lipinski definition) is 6. The second kappa shape index (κ2) is 10.2. The number of likely N-dealkylation sites (N-methyl/N-ethyl adjacent to an activating group) is 1. The standard InChI is InChI=1S/C27H32F3N3O7/c1-4-5-6-32-10-12-9-15(34)17-13(19(12)27(28,29)30)7-11-8-14-20(33(2)3)22(36)18(25(31)39)24(38)26(14,40)23(37)16(11)21(17)35/h9,11,14,20,32,34,36-37,40H,4-8,10H2,1-3H3,(H2,31,39)/t11-,14-,20-,26-/m0/s1. The molecule has 10 nitrogen and oxygen atoms in total. The van der Waals surface area contributed by atoms with Gasteiger partial charge in [0.15, 0.2) is 11.4 Å². The zero-order valence-electron chi connectivity index (χ0n) is 22.2. The number of allylic oxidation sites excluding steroid dienone is 1. The molecule has 0 aliphatic heterocycles. The van der Waals surface area contributed by atoms with Crippen molar-refractivity contribution in [1.29, 1.82) is 0 Å². The number of hydrogen-bond acceptors (Lipinski definition) is 9. The van der Waals surface area contributed by atoms with Crippen molar-refractivity contribution in [3.8, 4) is 5.75 Å². The topological polar surface area (TPSA) is 173 Å². The van der Waals surface area contributed by atoms with Crippen LogP contribution in [0.15, 0.2) is 28.7 Å². The second-order valence-corrected chi connectivity index (χ2v) is 10.8. The summed E-state index contributed by atoms with van der Waals surface area (Å²) in [6, 6.07) is -0.383. The molecule has 0 fully saturated rings. The summed E-state index contributed by atoms with van der Waals surface area (Å²) >= 11 is 0. The first-order chi connectivity index (χ1) is 18.6. The van der Waals surface area contributed by atoms with E-state index in [0.29, 0.717) is 6.54 Å². The average molecular weight is 568 g/mol. The molecule has 1 aromatic carbocycles. The molecule has 218 valence electrons. The SMILES string of the molecule is CCCCNCc1cc(O)c2c(c1C(F)(F)F)C[C@H]1C[C@H]3[C@H](N(C)C)C(O)=C(C(N)=O)C(=O)[C@@]3(O)C(O)=C1C2=O. The van der Waals surface area contributed by atoms with Crippen LogP contribution in [0.3, 0.4) is 0 Å². The number of unbranched alkanes of at least 4 members (excludes halogenated alkanes) is 1. The highest BCUT2D eigenvalue weighted by atomic mass is 19.4. The lowest BCUT2D eigenvalue weighted by molar-refractivity contribution is -0.148. The molecule has 40 heavy (non-hydrogen) atoms. The van der Waals surface area contributed by atoms with Crippen LogP contribution >= 0.6 is 0 Å². The predicted octanol–water partition coefficient (Wildman–Crippen LogP) is 2.03. The number of carbonyl (C=O) groups is 3. The number of phenols is 1. The molecule has 1 aromatic rings. The third-order valence-electron chi connectivity index (χ3n) is 8.11. The molecule has 0 heterocycles. The number of alkyl halides is 3. The number of rotatable bonds is 7. The normalized spacial score (nSPS) is 26.6. The van der Waals surface area contributed by atoms with E-state index in [-0.39, 0.29) is 18.5 Å². The number of primary amides is 1. The van der Waals surface area contributed by atoms with Gasteiger partial charge >= 0.3 is 6.18 Å². The molecule has 7 N–H and O–H groups in total. The molecular weight excluding hydrogens is 535 g/mol. The Kier molecular flexibility index (Phi) is 7.54.